The zero-order chi connectivity index (χ0) is 24.5. The molecule has 182 valence electrons. The molecule has 4 aromatic rings. The van der Waals surface area contributed by atoms with E-state index >= 15 is 0 Å². The molecular formula is C30H31O4S-. The molecule has 3 aromatic carbocycles. The van der Waals surface area contributed by atoms with Gasteiger partial charge in [0.05, 0.1) is 13.2 Å². The molecule has 0 aliphatic carbocycles. The molecule has 0 saturated heterocycles. The Balaban J connectivity index is 1.37. The van der Waals surface area contributed by atoms with Gasteiger partial charge in [0, 0.05) is 29.1 Å². The molecule has 0 radical (unpaired) electrons. The lowest BCUT2D eigenvalue weighted by Crippen LogP contribution is -2.24. The van der Waals surface area contributed by atoms with E-state index in [9.17, 15) is 9.90 Å². The summed E-state index contributed by atoms with van der Waals surface area (Å²) in [7, 11) is 0. The molecule has 0 amide bonds. The second-order valence-corrected chi connectivity index (χ2v) is 9.50. The Morgan fingerprint density at radius 3 is 2.34 bits per heavy atom. The number of para-hydroxylation sites is 1. The third-order valence-electron chi connectivity index (χ3n) is 6.02. The molecule has 35 heavy (non-hydrogen) atoms. The van der Waals surface area contributed by atoms with Crippen molar-refractivity contribution in [2.24, 2.45) is 0 Å². The van der Waals surface area contributed by atoms with Crippen molar-refractivity contribution < 1.29 is 19.4 Å². The molecule has 0 N–H and O–H groups in total. The largest absolute Gasteiger partial charge is 0.550 e. The first-order chi connectivity index (χ1) is 17.2. The van der Waals surface area contributed by atoms with Crippen LogP contribution >= 0.6 is 11.3 Å². The Bertz CT molecular complexity index is 1250. The van der Waals surface area contributed by atoms with Gasteiger partial charge in [-0.05, 0) is 64.9 Å². The lowest BCUT2D eigenvalue weighted by atomic mass is 10.0. The first kappa shape index (κ1) is 24.8. The smallest absolute Gasteiger partial charge is 0.123 e. The normalized spacial score (nSPS) is 11.0. The highest BCUT2D eigenvalue weighted by molar-refractivity contribution is 7.17. The summed E-state index contributed by atoms with van der Waals surface area (Å²) in [6.07, 6.45) is 4.67. The van der Waals surface area contributed by atoms with Crippen LogP contribution in [0.4, 0.5) is 0 Å². The van der Waals surface area contributed by atoms with E-state index in [1.54, 1.807) is 18.2 Å². The Kier molecular flexibility index (Phi) is 8.79. The molecule has 0 spiro atoms. The summed E-state index contributed by atoms with van der Waals surface area (Å²) in [5.41, 5.74) is 4.69. The summed E-state index contributed by atoms with van der Waals surface area (Å²) >= 11 is 1.82. The van der Waals surface area contributed by atoms with Crippen molar-refractivity contribution in [1.82, 2.24) is 0 Å². The summed E-state index contributed by atoms with van der Waals surface area (Å²) in [5, 5.41) is 14.6. The van der Waals surface area contributed by atoms with Crippen molar-refractivity contribution in [3.63, 3.8) is 0 Å². The molecule has 0 aliphatic rings. The van der Waals surface area contributed by atoms with E-state index in [-0.39, 0.29) is 6.42 Å². The third kappa shape index (κ3) is 6.64. The Labute approximate surface area is 211 Å². The van der Waals surface area contributed by atoms with Crippen molar-refractivity contribution >= 4 is 27.4 Å². The van der Waals surface area contributed by atoms with Gasteiger partial charge in [-0.2, -0.15) is 0 Å². The predicted molar refractivity (Wildman–Crippen MR) is 140 cm³/mol. The van der Waals surface area contributed by atoms with Gasteiger partial charge >= 0.3 is 0 Å². The van der Waals surface area contributed by atoms with E-state index < -0.39 is 5.97 Å². The number of rotatable bonds is 13. The fourth-order valence-corrected chi connectivity index (χ4v) is 5.48. The maximum absolute atomic E-state index is 10.9. The highest BCUT2D eigenvalue weighted by atomic mass is 32.1. The zero-order valence-corrected chi connectivity index (χ0v) is 20.9. The van der Waals surface area contributed by atoms with Crippen molar-refractivity contribution in [3.8, 4) is 11.5 Å². The van der Waals surface area contributed by atoms with Crippen LogP contribution in [0.15, 0.2) is 72.1 Å². The first-order valence-electron chi connectivity index (χ1n) is 12.2. The van der Waals surface area contributed by atoms with Crippen molar-refractivity contribution in [2.45, 2.75) is 45.4 Å². The van der Waals surface area contributed by atoms with Crippen LogP contribution < -0.4 is 14.6 Å². The van der Waals surface area contributed by atoms with Crippen LogP contribution in [0.2, 0.25) is 0 Å². The Morgan fingerprint density at radius 1 is 0.829 bits per heavy atom. The first-order valence-corrected chi connectivity index (χ1v) is 13.1. The number of fused-ring (bicyclic) bond motifs is 1. The molecule has 0 bridgehead atoms. The minimum Gasteiger partial charge on any atom is -0.550 e. The molecular weight excluding hydrogens is 456 g/mol. The molecule has 4 rings (SSSR count). The van der Waals surface area contributed by atoms with E-state index in [0.29, 0.717) is 30.9 Å². The monoisotopic (exact) mass is 487 g/mol. The highest BCUT2D eigenvalue weighted by Gasteiger charge is 2.13. The molecule has 0 fully saturated rings. The number of hydrogen-bond donors (Lipinski definition) is 0. The number of hydrogen-bond acceptors (Lipinski definition) is 5. The highest BCUT2D eigenvalue weighted by Crippen LogP contribution is 2.36. The molecule has 4 nitrogen and oxygen atoms in total. The Morgan fingerprint density at radius 2 is 1.57 bits per heavy atom. The summed E-state index contributed by atoms with van der Waals surface area (Å²) in [4.78, 5) is 10.9. The topological polar surface area (TPSA) is 58.6 Å². The fraction of sp³-hybridized carbons (Fsp3) is 0.300. The van der Waals surface area contributed by atoms with E-state index in [2.05, 4.69) is 54.8 Å². The molecule has 1 aromatic heterocycles. The molecule has 0 atom stereocenters. The number of ether oxygens (including phenoxy) is 2. The second kappa shape index (κ2) is 12.4. The van der Waals surface area contributed by atoms with Crippen molar-refractivity contribution in [2.75, 3.05) is 13.2 Å². The summed E-state index contributed by atoms with van der Waals surface area (Å²) in [6, 6.07) is 22.1. The summed E-state index contributed by atoms with van der Waals surface area (Å²) < 4.78 is 13.3. The van der Waals surface area contributed by atoms with Gasteiger partial charge in [-0.3, -0.25) is 0 Å². The van der Waals surface area contributed by atoms with Gasteiger partial charge in [-0.25, -0.2) is 0 Å². The van der Waals surface area contributed by atoms with E-state index in [1.165, 1.54) is 26.8 Å². The molecule has 0 saturated carbocycles. The van der Waals surface area contributed by atoms with Crippen LogP contribution in [0.5, 0.6) is 11.5 Å². The van der Waals surface area contributed by atoms with Crippen molar-refractivity contribution in [3.05, 3.63) is 94.4 Å². The van der Waals surface area contributed by atoms with Crippen LogP contribution in [0.25, 0.3) is 10.1 Å². The summed E-state index contributed by atoms with van der Waals surface area (Å²) in [6.45, 7) is 3.19. The molecule has 0 aliphatic heterocycles. The van der Waals surface area contributed by atoms with Gasteiger partial charge in [0.15, 0.2) is 0 Å². The van der Waals surface area contributed by atoms with Gasteiger partial charge < -0.3 is 19.4 Å². The molecule has 1 heterocycles. The third-order valence-corrected chi connectivity index (χ3v) is 7.12. The molecule has 5 heteroatoms. The van der Waals surface area contributed by atoms with Crippen LogP contribution in [-0.2, 0) is 30.5 Å². The van der Waals surface area contributed by atoms with Gasteiger partial charge in [-0.15, -0.1) is 11.3 Å². The van der Waals surface area contributed by atoms with E-state index in [4.69, 9.17) is 9.47 Å². The lowest BCUT2D eigenvalue weighted by molar-refractivity contribution is -0.304. The van der Waals surface area contributed by atoms with Crippen LogP contribution in [0, 0.1) is 0 Å². The number of benzene rings is 3. The maximum Gasteiger partial charge on any atom is 0.123 e. The average Bonchev–Trinajstić information content (AvgIpc) is 3.28. The molecule has 0 unspecified atom stereocenters. The Hall–Kier alpha value is -3.31. The van der Waals surface area contributed by atoms with Gasteiger partial charge in [0.2, 0.25) is 0 Å². The van der Waals surface area contributed by atoms with Crippen LogP contribution in [-0.4, -0.2) is 19.2 Å². The number of aliphatic carboxylic acids is 1. The van der Waals surface area contributed by atoms with Crippen molar-refractivity contribution in [1.29, 1.82) is 0 Å². The minimum atomic E-state index is -1.11. The van der Waals surface area contributed by atoms with Crippen LogP contribution in [0.3, 0.4) is 0 Å². The van der Waals surface area contributed by atoms with Gasteiger partial charge in [-0.1, -0.05) is 61.9 Å². The van der Waals surface area contributed by atoms with E-state index in [0.717, 1.165) is 31.4 Å². The number of carboxylic acid groups (broad SMARTS) is 1. The summed E-state index contributed by atoms with van der Waals surface area (Å²) in [5.74, 6) is 0.430. The number of aryl methyl sites for hydroxylation is 3. The number of thiophene rings is 1. The number of carbonyl (C=O) groups excluding carboxylic acids is 1. The predicted octanol–water partition coefficient (Wildman–Crippen LogP) is 5.78. The maximum atomic E-state index is 10.9. The van der Waals surface area contributed by atoms with Gasteiger partial charge in [0.1, 0.15) is 11.5 Å². The number of carbonyl (C=O) groups is 1. The zero-order valence-electron chi connectivity index (χ0n) is 20.1. The minimum absolute atomic E-state index is 0.152. The fourth-order valence-electron chi connectivity index (χ4n) is 4.30. The standard InChI is InChI=1S/C30H32O4S/c1-2-9-26-28(34-19-8-18-33-27-13-7-6-12-23(27)20-29(31)32)17-16-25-24(21-35-30(25)26)15-14-22-10-4-3-5-11-22/h3-7,10-13,16-17,21H,2,8-9,14-15,18-20H2,1H3,(H,31,32)/p-1. The van der Waals surface area contributed by atoms with E-state index in [1.807, 2.05) is 17.4 Å². The quantitative estimate of drug-likeness (QED) is 0.224. The van der Waals surface area contributed by atoms with Gasteiger partial charge in [0.25, 0.3) is 0 Å². The number of carboxylic acids is 1. The lowest BCUT2D eigenvalue weighted by Gasteiger charge is -2.14. The SMILES string of the molecule is CCCc1c(OCCCOc2ccccc2CC(=O)[O-])ccc2c(CCc3ccccc3)csc12. The average molecular weight is 488 g/mol. The van der Waals surface area contributed by atoms with Crippen LogP contribution in [0.1, 0.15) is 42.0 Å². The second-order valence-electron chi connectivity index (χ2n) is 8.62.